The van der Waals surface area contributed by atoms with Gasteiger partial charge in [0.25, 0.3) is 5.91 Å². The second-order valence-electron chi connectivity index (χ2n) is 6.96. The van der Waals surface area contributed by atoms with Gasteiger partial charge >= 0.3 is 0 Å². The standard InChI is InChI=1S/C19H24N2O6/c22-18(10-13-1-2-15-16(9-13)27-12-26-15)21-5-8-25-17(11-21)19(23)20-14-3-6-24-7-4-14/h1-2,9,14,17H,3-8,10-12H2,(H,20,23)/t17-/m0/s1. The highest BCUT2D eigenvalue weighted by Gasteiger charge is 2.30. The zero-order chi connectivity index (χ0) is 18.6. The molecule has 4 rings (SSSR count). The molecule has 1 aromatic rings. The summed E-state index contributed by atoms with van der Waals surface area (Å²) < 4.78 is 21.6. The van der Waals surface area contributed by atoms with Crippen LogP contribution in [0.25, 0.3) is 0 Å². The first-order chi connectivity index (χ1) is 13.2. The highest BCUT2D eigenvalue weighted by molar-refractivity contribution is 5.84. The number of benzene rings is 1. The summed E-state index contributed by atoms with van der Waals surface area (Å²) in [5.41, 5.74) is 0.860. The van der Waals surface area contributed by atoms with Crippen LogP contribution in [0, 0.1) is 0 Å². The molecule has 8 nitrogen and oxygen atoms in total. The minimum Gasteiger partial charge on any atom is -0.454 e. The molecule has 0 aromatic heterocycles. The van der Waals surface area contributed by atoms with Crippen LogP contribution in [0.5, 0.6) is 11.5 Å². The van der Waals surface area contributed by atoms with E-state index >= 15 is 0 Å². The van der Waals surface area contributed by atoms with Gasteiger partial charge in [0, 0.05) is 25.8 Å². The molecule has 0 saturated carbocycles. The normalized spacial score (nSPS) is 22.5. The maximum Gasteiger partial charge on any atom is 0.251 e. The number of rotatable bonds is 4. The highest BCUT2D eigenvalue weighted by Crippen LogP contribution is 2.32. The lowest BCUT2D eigenvalue weighted by Gasteiger charge is -2.33. The molecule has 0 unspecified atom stereocenters. The maximum absolute atomic E-state index is 12.7. The largest absolute Gasteiger partial charge is 0.454 e. The van der Waals surface area contributed by atoms with Crippen molar-refractivity contribution < 1.29 is 28.5 Å². The number of fused-ring (bicyclic) bond motifs is 1. The first-order valence-corrected chi connectivity index (χ1v) is 9.35. The Morgan fingerprint density at radius 2 is 1.93 bits per heavy atom. The van der Waals surface area contributed by atoms with Crippen molar-refractivity contribution in [1.82, 2.24) is 10.2 Å². The number of carbonyl (C=O) groups is 2. The van der Waals surface area contributed by atoms with E-state index in [4.69, 9.17) is 18.9 Å². The molecule has 8 heteroatoms. The summed E-state index contributed by atoms with van der Waals surface area (Å²) in [7, 11) is 0. The Morgan fingerprint density at radius 3 is 2.78 bits per heavy atom. The second kappa shape index (κ2) is 8.14. The second-order valence-corrected chi connectivity index (χ2v) is 6.96. The van der Waals surface area contributed by atoms with Gasteiger partial charge in [-0.2, -0.15) is 0 Å². The number of nitrogens with one attached hydrogen (secondary N) is 1. The van der Waals surface area contributed by atoms with Gasteiger partial charge < -0.3 is 29.2 Å². The molecule has 3 aliphatic rings. The van der Waals surface area contributed by atoms with Gasteiger partial charge in [0.15, 0.2) is 17.6 Å². The lowest BCUT2D eigenvalue weighted by molar-refractivity contribution is -0.147. The average Bonchev–Trinajstić information content (AvgIpc) is 3.16. The molecule has 27 heavy (non-hydrogen) atoms. The molecule has 3 aliphatic heterocycles. The van der Waals surface area contributed by atoms with Crippen LogP contribution >= 0.6 is 0 Å². The van der Waals surface area contributed by atoms with Crippen LogP contribution in [0.2, 0.25) is 0 Å². The molecule has 0 aliphatic carbocycles. The molecule has 146 valence electrons. The fourth-order valence-corrected chi connectivity index (χ4v) is 3.51. The fraction of sp³-hybridized carbons (Fsp3) is 0.579. The summed E-state index contributed by atoms with van der Waals surface area (Å²) in [6, 6.07) is 5.63. The average molecular weight is 376 g/mol. The Balaban J connectivity index is 1.31. The molecule has 0 radical (unpaired) electrons. The zero-order valence-electron chi connectivity index (χ0n) is 15.1. The van der Waals surface area contributed by atoms with Gasteiger partial charge in [-0.1, -0.05) is 6.07 Å². The van der Waals surface area contributed by atoms with Crippen molar-refractivity contribution in [1.29, 1.82) is 0 Å². The Morgan fingerprint density at radius 1 is 1.11 bits per heavy atom. The van der Waals surface area contributed by atoms with Crippen molar-refractivity contribution in [2.75, 3.05) is 39.7 Å². The predicted molar refractivity (Wildman–Crippen MR) is 94.6 cm³/mol. The van der Waals surface area contributed by atoms with Crippen LogP contribution in [-0.2, 0) is 25.5 Å². The third-order valence-corrected chi connectivity index (χ3v) is 5.07. The Bertz CT molecular complexity index is 703. The first kappa shape index (κ1) is 18.1. The fourth-order valence-electron chi connectivity index (χ4n) is 3.51. The zero-order valence-corrected chi connectivity index (χ0v) is 15.1. The van der Waals surface area contributed by atoms with E-state index in [1.54, 1.807) is 4.90 Å². The molecule has 1 aromatic carbocycles. The van der Waals surface area contributed by atoms with Crippen LogP contribution in [0.4, 0.5) is 0 Å². The van der Waals surface area contributed by atoms with E-state index in [0.29, 0.717) is 37.9 Å². The van der Waals surface area contributed by atoms with E-state index in [9.17, 15) is 9.59 Å². The summed E-state index contributed by atoms with van der Waals surface area (Å²) in [5.74, 6) is 1.18. The van der Waals surface area contributed by atoms with Crippen LogP contribution < -0.4 is 14.8 Å². The van der Waals surface area contributed by atoms with E-state index in [1.807, 2.05) is 18.2 Å². The quantitative estimate of drug-likeness (QED) is 0.823. The monoisotopic (exact) mass is 376 g/mol. The van der Waals surface area contributed by atoms with Crippen molar-refractivity contribution in [3.05, 3.63) is 23.8 Å². The number of nitrogens with zero attached hydrogens (tertiary/aromatic N) is 1. The lowest BCUT2D eigenvalue weighted by atomic mass is 10.1. The molecule has 1 N–H and O–H groups in total. The van der Waals surface area contributed by atoms with Crippen molar-refractivity contribution in [3.63, 3.8) is 0 Å². The van der Waals surface area contributed by atoms with E-state index in [0.717, 1.165) is 18.4 Å². The smallest absolute Gasteiger partial charge is 0.251 e. The Hall–Kier alpha value is -2.32. The van der Waals surface area contributed by atoms with E-state index in [-0.39, 0.29) is 37.6 Å². The minimum atomic E-state index is -0.623. The Kier molecular flexibility index (Phi) is 5.45. The number of carbonyl (C=O) groups excluding carboxylic acids is 2. The highest BCUT2D eigenvalue weighted by atomic mass is 16.7. The molecule has 3 heterocycles. The van der Waals surface area contributed by atoms with Gasteiger partial charge in [-0.3, -0.25) is 9.59 Å². The number of morpholine rings is 1. The number of hydrogen-bond acceptors (Lipinski definition) is 6. The van der Waals surface area contributed by atoms with Gasteiger partial charge in [0.05, 0.1) is 19.6 Å². The Labute approximate surface area is 157 Å². The summed E-state index contributed by atoms with van der Waals surface area (Å²) in [6.07, 6.45) is 1.25. The van der Waals surface area contributed by atoms with Crippen molar-refractivity contribution >= 4 is 11.8 Å². The minimum absolute atomic E-state index is 0.0268. The van der Waals surface area contributed by atoms with Crippen LogP contribution in [0.1, 0.15) is 18.4 Å². The molecular formula is C19H24N2O6. The first-order valence-electron chi connectivity index (χ1n) is 9.35. The third kappa shape index (κ3) is 4.33. The van der Waals surface area contributed by atoms with Crippen molar-refractivity contribution in [3.8, 4) is 11.5 Å². The van der Waals surface area contributed by atoms with Crippen LogP contribution in [-0.4, -0.2) is 68.6 Å². The number of ether oxygens (including phenoxy) is 4. The molecule has 2 saturated heterocycles. The summed E-state index contributed by atoms with van der Waals surface area (Å²) in [6.45, 7) is 2.66. The van der Waals surface area contributed by atoms with E-state index in [1.165, 1.54) is 0 Å². The third-order valence-electron chi connectivity index (χ3n) is 5.07. The van der Waals surface area contributed by atoms with Gasteiger partial charge in [-0.05, 0) is 30.5 Å². The maximum atomic E-state index is 12.7. The van der Waals surface area contributed by atoms with Gasteiger partial charge in [-0.15, -0.1) is 0 Å². The molecule has 2 fully saturated rings. The number of hydrogen-bond donors (Lipinski definition) is 1. The van der Waals surface area contributed by atoms with Crippen molar-refractivity contribution in [2.24, 2.45) is 0 Å². The van der Waals surface area contributed by atoms with Crippen molar-refractivity contribution in [2.45, 2.75) is 31.4 Å². The van der Waals surface area contributed by atoms with Gasteiger partial charge in [0.2, 0.25) is 12.7 Å². The SMILES string of the molecule is O=C(NC1CCOCC1)[C@@H]1CN(C(=O)Cc2ccc3c(c2)OCO3)CCO1. The lowest BCUT2D eigenvalue weighted by Crippen LogP contribution is -2.54. The molecule has 1 atom stereocenters. The predicted octanol–water partition coefficient (Wildman–Crippen LogP) is 0.480. The van der Waals surface area contributed by atoms with Gasteiger partial charge in [0.1, 0.15) is 0 Å². The van der Waals surface area contributed by atoms with E-state index in [2.05, 4.69) is 5.32 Å². The summed E-state index contributed by atoms with van der Waals surface area (Å²) in [4.78, 5) is 26.8. The molecule has 0 spiro atoms. The molecular weight excluding hydrogens is 352 g/mol. The van der Waals surface area contributed by atoms with Crippen LogP contribution in [0.3, 0.4) is 0 Å². The molecule has 0 bridgehead atoms. The number of amides is 2. The topological polar surface area (TPSA) is 86.3 Å². The van der Waals surface area contributed by atoms with Crippen LogP contribution in [0.15, 0.2) is 18.2 Å². The molecule has 2 amide bonds. The van der Waals surface area contributed by atoms with E-state index < -0.39 is 6.10 Å². The summed E-state index contributed by atoms with van der Waals surface area (Å²) in [5, 5.41) is 3.01. The van der Waals surface area contributed by atoms with Gasteiger partial charge in [-0.25, -0.2) is 0 Å². The summed E-state index contributed by atoms with van der Waals surface area (Å²) >= 11 is 0.